The van der Waals surface area contributed by atoms with Crippen molar-refractivity contribution in [3.63, 3.8) is 0 Å². The third kappa shape index (κ3) is 8.65. The molecular formula is C32H45N3O4. The summed E-state index contributed by atoms with van der Waals surface area (Å²) >= 11 is 0. The fourth-order valence-corrected chi connectivity index (χ4v) is 5.79. The van der Waals surface area contributed by atoms with Gasteiger partial charge in [0.05, 0.1) is 5.92 Å². The molecule has 1 aliphatic heterocycles. The molecule has 0 bridgehead atoms. The van der Waals surface area contributed by atoms with E-state index < -0.39 is 23.8 Å². The van der Waals surface area contributed by atoms with Crippen LogP contribution in [0, 0.1) is 17.8 Å². The molecule has 0 aromatic heterocycles. The summed E-state index contributed by atoms with van der Waals surface area (Å²) in [5.74, 6) is -1.78. The predicted molar refractivity (Wildman–Crippen MR) is 153 cm³/mol. The Kier molecular flexibility index (Phi) is 12.0. The molecule has 1 saturated heterocycles. The molecule has 7 nitrogen and oxygen atoms in total. The molecule has 0 unspecified atom stereocenters. The van der Waals surface area contributed by atoms with E-state index in [1.165, 1.54) is 11.1 Å². The van der Waals surface area contributed by atoms with E-state index in [4.69, 9.17) is 0 Å². The summed E-state index contributed by atoms with van der Waals surface area (Å²) in [6, 6.07) is 20.1. The number of rotatable bonds is 13. The van der Waals surface area contributed by atoms with E-state index in [9.17, 15) is 19.6 Å². The van der Waals surface area contributed by atoms with Gasteiger partial charge in [-0.05, 0) is 55.6 Å². The van der Waals surface area contributed by atoms with Crippen LogP contribution in [0.25, 0.3) is 0 Å². The summed E-state index contributed by atoms with van der Waals surface area (Å²) in [6.07, 6.45) is 4.80. The lowest BCUT2D eigenvalue weighted by atomic mass is 9.81. The van der Waals surface area contributed by atoms with Crippen molar-refractivity contribution in [3.8, 4) is 0 Å². The lowest BCUT2D eigenvalue weighted by molar-refractivity contribution is -0.143. The number of nitrogens with one attached hydrogen (secondary N) is 2. The highest BCUT2D eigenvalue weighted by Crippen LogP contribution is 2.29. The van der Waals surface area contributed by atoms with Crippen molar-refractivity contribution >= 4 is 17.7 Å². The van der Waals surface area contributed by atoms with Crippen molar-refractivity contribution in [3.05, 3.63) is 71.8 Å². The molecule has 0 radical (unpaired) electrons. The van der Waals surface area contributed by atoms with Gasteiger partial charge in [0.1, 0.15) is 6.04 Å². The quantitative estimate of drug-likeness (QED) is 0.240. The molecule has 3 amide bonds. The maximum atomic E-state index is 13.7. The van der Waals surface area contributed by atoms with Gasteiger partial charge in [0, 0.05) is 24.9 Å². The Morgan fingerprint density at radius 1 is 0.923 bits per heavy atom. The first-order chi connectivity index (χ1) is 18.8. The molecule has 1 aliphatic rings. The fraction of sp³-hybridized carbons (Fsp3) is 0.531. The molecule has 3 atom stereocenters. The van der Waals surface area contributed by atoms with Crippen molar-refractivity contribution in [1.29, 1.82) is 0 Å². The van der Waals surface area contributed by atoms with Crippen LogP contribution in [-0.2, 0) is 14.4 Å². The first kappa shape index (κ1) is 30.4. The SMILES string of the molecule is CCC[C@H](C(=O)NO)[C@@H](CC(C)C)C(=O)N[C@H]1CCCCN(CCC(c2ccccc2)c2ccccc2)C1=O. The molecular weight excluding hydrogens is 490 g/mol. The van der Waals surface area contributed by atoms with Crippen molar-refractivity contribution in [2.24, 2.45) is 17.8 Å². The second-order valence-corrected chi connectivity index (χ2v) is 11.2. The number of amides is 3. The molecule has 39 heavy (non-hydrogen) atoms. The van der Waals surface area contributed by atoms with Crippen molar-refractivity contribution in [1.82, 2.24) is 15.7 Å². The zero-order valence-electron chi connectivity index (χ0n) is 23.6. The van der Waals surface area contributed by atoms with Crippen LogP contribution in [0.1, 0.15) is 82.8 Å². The predicted octanol–water partition coefficient (Wildman–Crippen LogP) is 5.29. The van der Waals surface area contributed by atoms with Gasteiger partial charge < -0.3 is 10.2 Å². The number of carbonyl (C=O) groups excluding carboxylic acids is 3. The van der Waals surface area contributed by atoms with Crippen LogP contribution in [0.3, 0.4) is 0 Å². The Balaban J connectivity index is 1.74. The molecule has 7 heteroatoms. The highest BCUT2D eigenvalue weighted by Gasteiger charge is 2.36. The normalized spacial score (nSPS) is 17.5. The van der Waals surface area contributed by atoms with Crippen LogP contribution in [0.2, 0.25) is 0 Å². The van der Waals surface area contributed by atoms with Gasteiger partial charge in [-0.25, -0.2) is 5.48 Å². The summed E-state index contributed by atoms with van der Waals surface area (Å²) in [6.45, 7) is 7.23. The molecule has 0 saturated carbocycles. The summed E-state index contributed by atoms with van der Waals surface area (Å²) < 4.78 is 0. The van der Waals surface area contributed by atoms with Gasteiger partial charge in [-0.1, -0.05) is 87.9 Å². The lowest BCUT2D eigenvalue weighted by Gasteiger charge is -2.30. The Bertz CT molecular complexity index is 1000. The van der Waals surface area contributed by atoms with E-state index in [2.05, 4.69) is 29.6 Å². The molecule has 0 aliphatic carbocycles. The second kappa shape index (κ2) is 15.4. The van der Waals surface area contributed by atoms with E-state index >= 15 is 0 Å². The summed E-state index contributed by atoms with van der Waals surface area (Å²) in [7, 11) is 0. The smallest absolute Gasteiger partial charge is 0.247 e. The summed E-state index contributed by atoms with van der Waals surface area (Å²) in [5, 5.41) is 12.3. The number of hydroxylamine groups is 1. The van der Waals surface area contributed by atoms with Gasteiger partial charge in [0.15, 0.2) is 0 Å². The van der Waals surface area contributed by atoms with E-state index in [1.54, 1.807) is 5.48 Å². The van der Waals surface area contributed by atoms with Crippen LogP contribution in [-0.4, -0.2) is 47.0 Å². The molecule has 1 fully saturated rings. The monoisotopic (exact) mass is 535 g/mol. The van der Waals surface area contributed by atoms with Gasteiger partial charge in [0.25, 0.3) is 0 Å². The molecule has 0 spiro atoms. The van der Waals surface area contributed by atoms with Crippen molar-refractivity contribution in [2.75, 3.05) is 13.1 Å². The van der Waals surface area contributed by atoms with Gasteiger partial charge in [-0.2, -0.15) is 0 Å². The molecule has 1 heterocycles. The minimum atomic E-state index is -0.642. The molecule has 3 N–H and O–H groups in total. The first-order valence-electron chi connectivity index (χ1n) is 14.5. The maximum Gasteiger partial charge on any atom is 0.247 e. The summed E-state index contributed by atoms with van der Waals surface area (Å²) in [5.41, 5.74) is 4.19. The Morgan fingerprint density at radius 3 is 2.08 bits per heavy atom. The first-order valence-corrected chi connectivity index (χ1v) is 14.5. The minimum absolute atomic E-state index is 0.0531. The molecule has 212 valence electrons. The fourth-order valence-electron chi connectivity index (χ4n) is 5.79. The van der Waals surface area contributed by atoms with Crippen LogP contribution < -0.4 is 10.8 Å². The van der Waals surface area contributed by atoms with Gasteiger partial charge >= 0.3 is 0 Å². The number of carbonyl (C=O) groups is 3. The highest BCUT2D eigenvalue weighted by atomic mass is 16.5. The third-order valence-electron chi connectivity index (χ3n) is 7.78. The minimum Gasteiger partial charge on any atom is -0.344 e. The van der Waals surface area contributed by atoms with Crippen LogP contribution in [0.4, 0.5) is 0 Å². The highest BCUT2D eigenvalue weighted by molar-refractivity contribution is 5.91. The summed E-state index contributed by atoms with van der Waals surface area (Å²) in [4.78, 5) is 41.6. The van der Waals surface area contributed by atoms with Crippen LogP contribution in [0.5, 0.6) is 0 Å². The zero-order chi connectivity index (χ0) is 28.2. The molecule has 3 rings (SSSR count). The number of hydrogen-bond acceptors (Lipinski definition) is 4. The van der Waals surface area contributed by atoms with Gasteiger partial charge in [-0.3, -0.25) is 19.6 Å². The standard InChI is InChI=1S/C32H45N3O4/c1-4-13-27(31(37)34-39)28(22-23(2)3)30(36)33-29-18-11-12-20-35(32(29)38)21-19-26(24-14-7-5-8-15-24)25-16-9-6-10-17-25/h5-10,14-17,23,26-29,39H,4,11-13,18-22H2,1-3H3,(H,33,36)(H,34,37)/t27-,28+,29-/m0/s1. The average molecular weight is 536 g/mol. The molecule has 2 aromatic carbocycles. The van der Waals surface area contributed by atoms with Gasteiger partial charge in [0.2, 0.25) is 17.7 Å². The topological polar surface area (TPSA) is 98.7 Å². The van der Waals surface area contributed by atoms with Gasteiger partial charge in [-0.15, -0.1) is 0 Å². The molecule has 2 aromatic rings. The van der Waals surface area contributed by atoms with Crippen LogP contribution >= 0.6 is 0 Å². The van der Waals surface area contributed by atoms with Crippen molar-refractivity contribution < 1.29 is 19.6 Å². The van der Waals surface area contributed by atoms with Crippen molar-refractivity contribution in [2.45, 2.75) is 77.7 Å². The number of nitrogens with zero attached hydrogens (tertiary/aromatic N) is 1. The van der Waals surface area contributed by atoms with E-state index in [1.807, 2.05) is 62.1 Å². The number of benzene rings is 2. The van der Waals surface area contributed by atoms with E-state index in [-0.39, 0.29) is 23.7 Å². The zero-order valence-corrected chi connectivity index (χ0v) is 23.6. The largest absolute Gasteiger partial charge is 0.344 e. The number of hydrogen-bond donors (Lipinski definition) is 3. The number of likely N-dealkylation sites (tertiary alicyclic amines) is 1. The van der Waals surface area contributed by atoms with E-state index in [0.29, 0.717) is 38.8 Å². The second-order valence-electron chi connectivity index (χ2n) is 11.2. The van der Waals surface area contributed by atoms with E-state index in [0.717, 1.165) is 19.3 Å². The Hall–Kier alpha value is -3.19. The Labute approximate surface area is 233 Å². The van der Waals surface area contributed by atoms with Crippen LogP contribution in [0.15, 0.2) is 60.7 Å². The Morgan fingerprint density at radius 2 is 1.54 bits per heavy atom. The average Bonchev–Trinajstić information content (AvgIpc) is 3.12. The maximum absolute atomic E-state index is 13.7. The third-order valence-corrected chi connectivity index (χ3v) is 7.78. The lowest BCUT2D eigenvalue weighted by Crippen LogP contribution is -2.51.